The monoisotopic (exact) mass is 666 g/mol. The minimum atomic E-state index is -1.03. The third kappa shape index (κ3) is 8.08. The van der Waals surface area contributed by atoms with E-state index in [1.165, 1.54) is 23.2 Å². The number of carbonyl (C=O) groups is 6. The Morgan fingerprint density at radius 2 is 1.69 bits per heavy atom. The number of anilines is 2. The molecule has 0 aliphatic carbocycles. The Labute approximate surface area is 273 Å². The summed E-state index contributed by atoms with van der Waals surface area (Å²) in [5.74, 6) is -3.26. The minimum Gasteiger partial charge on any atom is -0.451 e. The molecule has 18 heteroatoms. The zero-order chi connectivity index (χ0) is 34.0. The number of rotatable bonds is 17. The van der Waals surface area contributed by atoms with Gasteiger partial charge in [-0.15, -0.1) is 0 Å². The molecule has 1 fully saturated rings. The van der Waals surface area contributed by atoms with Crippen molar-refractivity contribution in [3.8, 4) is 0 Å². The van der Waals surface area contributed by atoms with E-state index < -0.39 is 41.5 Å². The van der Waals surface area contributed by atoms with Gasteiger partial charge in [-0.05, 0) is 18.6 Å². The van der Waals surface area contributed by atoms with Crippen molar-refractivity contribution in [1.29, 1.82) is 0 Å². The number of carbonyl (C=O) groups excluding carboxylic acids is 6. The Hall–Kier alpha value is -5.46. The van der Waals surface area contributed by atoms with E-state index in [-0.39, 0.29) is 54.2 Å². The number of benzene rings is 1. The summed E-state index contributed by atoms with van der Waals surface area (Å²) in [6.07, 6.45) is 3.95. The lowest BCUT2D eigenvalue weighted by Gasteiger charge is -2.27. The molecular formula is C30H34N8O10. The molecule has 5 rings (SSSR count). The second kappa shape index (κ2) is 15.9. The van der Waals surface area contributed by atoms with Crippen LogP contribution >= 0.6 is 0 Å². The molecule has 0 radical (unpaired) electrons. The van der Waals surface area contributed by atoms with E-state index >= 15 is 0 Å². The number of oxazole rings is 1. The Morgan fingerprint density at radius 3 is 2.40 bits per heavy atom. The Kier molecular flexibility index (Phi) is 11.2. The molecule has 6 amide bonds. The summed E-state index contributed by atoms with van der Waals surface area (Å²) in [6.45, 7) is 2.31. The highest BCUT2D eigenvalue weighted by Gasteiger charge is 2.45. The average molecular weight is 667 g/mol. The van der Waals surface area contributed by atoms with Gasteiger partial charge in [0, 0.05) is 38.4 Å². The standard InChI is InChI=1S/C30H34N8O10/c1-37-15-20(34-26(40)21-16-48-17-33-21)25(36-37)28(42)32-8-10-46-12-14-47-13-11-45-9-7-31-19-4-2-3-18-24(19)30(44)38(29(18)43)22-5-6-23(39)35-27(22)41/h2-4,15-17,22,31H,5-14H2,1H3,(H,32,42)(H,34,40)(H,35,39,41). The summed E-state index contributed by atoms with van der Waals surface area (Å²) in [6, 6.07) is 3.82. The summed E-state index contributed by atoms with van der Waals surface area (Å²) in [7, 11) is 1.62. The first-order chi connectivity index (χ1) is 23.2. The molecule has 2 aliphatic rings. The number of fused-ring (bicyclic) bond motifs is 1. The van der Waals surface area contributed by atoms with Crippen molar-refractivity contribution in [1.82, 2.24) is 30.3 Å². The van der Waals surface area contributed by atoms with Gasteiger partial charge in [-0.25, -0.2) is 4.98 Å². The van der Waals surface area contributed by atoms with Gasteiger partial charge in [0.15, 0.2) is 17.8 Å². The number of ether oxygens (including phenoxy) is 3. The maximum atomic E-state index is 13.1. The zero-order valence-electron chi connectivity index (χ0n) is 26.0. The smallest absolute Gasteiger partial charge is 0.277 e. The number of hydrogen-bond donors (Lipinski definition) is 4. The van der Waals surface area contributed by atoms with Crippen LogP contribution in [0.1, 0.15) is 54.5 Å². The third-order valence-corrected chi connectivity index (χ3v) is 7.26. The molecule has 0 bridgehead atoms. The molecule has 0 spiro atoms. The number of nitrogens with zero attached hydrogens (tertiary/aromatic N) is 4. The fraction of sp³-hybridized carbons (Fsp3) is 0.400. The van der Waals surface area contributed by atoms with Crippen molar-refractivity contribution < 1.29 is 47.4 Å². The lowest BCUT2D eigenvalue weighted by atomic mass is 10.0. The number of imide groups is 2. The topological polar surface area (TPSA) is 225 Å². The predicted molar refractivity (Wildman–Crippen MR) is 164 cm³/mol. The maximum Gasteiger partial charge on any atom is 0.277 e. The van der Waals surface area contributed by atoms with E-state index in [1.54, 1.807) is 19.2 Å². The van der Waals surface area contributed by atoms with Crippen molar-refractivity contribution in [3.05, 3.63) is 59.6 Å². The van der Waals surface area contributed by atoms with Crippen molar-refractivity contribution in [2.45, 2.75) is 18.9 Å². The van der Waals surface area contributed by atoms with Crippen LogP contribution in [-0.4, -0.2) is 114 Å². The molecule has 48 heavy (non-hydrogen) atoms. The van der Waals surface area contributed by atoms with Gasteiger partial charge in [0.1, 0.15) is 12.3 Å². The van der Waals surface area contributed by atoms with Crippen LogP contribution in [0.15, 0.2) is 41.5 Å². The molecule has 18 nitrogen and oxygen atoms in total. The predicted octanol–water partition coefficient (Wildman–Crippen LogP) is -0.0467. The number of aromatic nitrogens is 3. The molecular weight excluding hydrogens is 632 g/mol. The van der Waals surface area contributed by atoms with Crippen LogP contribution in [0.25, 0.3) is 0 Å². The zero-order valence-corrected chi connectivity index (χ0v) is 26.0. The maximum absolute atomic E-state index is 13.1. The van der Waals surface area contributed by atoms with Crippen molar-refractivity contribution >= 4 is 46.8 Å². The van der Waals surface area contributed by atoms with E-state index in [1.807, 2.05) is 0 Å². The lowest BCUT2D eigenvalue weighted by Crippen LogP contribution is -2.54. The molecule has 2 aliphatic heterocycles. The average Bonchev–Trinajstić information content (AvgIpc) is 3.79. The molecule has 4 N–H and O–H groups in total. The highest BCUT2D eigenvalue weighted by molar-refractivity contribution is 6.25. The number of hydrogen-bond acceptors (Lipinski definition) is 13. The Balaban J connectivity index is 0.918. The summed E-state index contributed by atoms with van der Waals surface area (Å²) >= 11 is 0. The number of piperidine rings is 1. The Bertz CT molecular complexity index is 1670. The summed E-state index contributed by atoms with van der Waals surface area (Å²) in [5, 5.41) is 14.7. The van der Waals surface area contributed by atoms with Gasteiger partial charge in [0.05, 0.1) is 56.5 Å². The van der Waals surface area contributed by atoms with E-state index in [0.717, 1.165) is 11.3 Å². The van der Waals surface area contributed by atoms with Gasteiger partial charge in [-0.1, -0.05) is 6.07 Å². The van der Waals surface area contributed by atoms with Gasteiger partial charge in [-0.2, -0.15) is 5.10 Å². The van der Waals surface area contributed by atoms with Crippen molar-refractivity contribution in [2.24, 2.45) is 7.05 Å². The SMILES string of the molecule is Cn1cc(NC(=O)c2cocn2)c(C(=O)NCCOCCOCCOCCNc2cccc3c2C(=O)N(C2CCC(=O)NC2=O)C3=O)n1. The lowest BCUT2D eigenvalue weighted by molar-refractivity contribution is -0.136. The molecule has 1 atom stereocenters. The molecule has 1 aromatic carbocycles. The van der Waals surface area contributed by atoms with Crippen molar-refractivity contribution in [3.63, 3.8) is 0 Å². The highest BCUT2D eigenvalue weighted by Crippen LogP contribution is 2.32. The van der Waals surface area contributed by atoms with Crippen molar-refractivity contribution in [2.75, 3.05) is 63.4 Å². The fourth-order valence-corrected chi connectivity index (χ4v) is 5.04. The van der Waals surface area contributed by atoms with Crippen LogP contribution in [0, 0.1) is 0 Å². The van der Waals surface area contributed by atoms with Gasteiger partial charge in [-0.3, -0.25) is 43.7 Å². The number of aryl methyl sites for hydroxylation is 1. The molecule has 254 valence electrons. The second-order valence-corrected chi connectivity index (χ2v) is 10.6. The van der Waals surface area contributed by atoms with Gasteiger partial charge in [0.25, 0.3) is 23.6 Å². The molecule has 1 unspecified atom stereocenters. The van der Waals surface area contributed by atoms with Gasteiger partial charge >= 0.3 is 0 Å². The van der Waals surface area contributed by atoms with E-state index in [2.05, 4.69) is 31.3 Å². The first kappa shape index (κ1) is 33.9. The summed E-state index contributed by atoms with van der Waals surface area (Å²) < 4.78 is 22.7. The van der Waals surface area contributed by atoms with Crippen LogP contribution in [0.3, 0.4) is 0 Å². The largest absolute Gasteiger partial charge is 0.451 e. The minimum absolute atomic E-state index is 0.0422. The van der Waals surface area contributed by atoms with Gasteiger partial charge < -0.3 is 34.6 Å². The van der Waals surface area contributed by atoms with E-state index in [9.17, 15) is 28.8 Å². The van der Waals surface area contributed by atoms with E-state index in [0.29, 0.717) is 45.3 Å². The van der Waals surface area contributed by atoms with Crippen LogP contribution < -0.4 is 21.3 Å². The fourth-order valence-electron chi connectivity index (χ4n) is 5.04. The second-order valence-electron chi connectivity index (χ2n) is 10.6. The van der Waals surface area contributed by atoms with Crippen LogP contribution in [0.4, 0.5) is 11.4 Å². The molecule has 4 heterocycles. The van der Waals surface area contributed by atoms with Crippen LogP contribution in [0.2, 0.25) is 0 Å². The first-order valence-electron chi connectivity index (χ1n) is 15.1. The Morgan fingerprint density at radius 1 is 0.958 bits per heavy atom. The molecule has 3 aromatic rings. The summed E-state index contributed by atoms with van der Waals surface area (Å²) in [4.78, 5) is 79.3. The van der Waals surface area contributed by atoms with Crippen LogP contribution in [-0.2, 0) is 30.8 Å². The molecule has 0 saturated carbocycles. The quantitative estimate of drug-likeness (QED) is 0.110. The first-order valence-corrected chi connectivity index (χ1v) is 15.1. The van der Waals surface area contributed by atoms with Gasteiger partial charge in [0.2, 0.25) is 11.8 Å². The summed E-state index contributed by atoms with van der Waals surface area (Å²) in [5.41, 5.74) is 1.16. The van der Waals surface area contributed by atoms with Crippen LogP contribution in [0.5, 0.6) is 0 Å². The van der Waals surface area contributed by atoms with E-state index in [4.69, 9.17) is 18.6 Å². The highest BCUT2D eigenvalue weighted by atomic mass is 16.5. The number of nitrogens with one attached hydrogen (secondary N) is 4. The normalized spacial score (nSPS) is 15.8. The number of amides is 6. The third-order valence-electron chi connectivity index (χ3n) is 7.26. The molecule has 2 aromatic heterocycles. The molecule has 1 saturated heterocycles.